The molecule has 0 aliphatic rings. The lowest BCUT2D eigenvalue weighted by molar-refractivity contribution is 0.103. The van der Waals surface area contributed by atoms with E-state index in [1.807, 2.05) is 36.4 Å². The van der Waals surface area contributed by atoms with Crippen LogP contribution in [-0.2, 0) is 0 Å². The van der Waals surface area contributed by atoms with Crippen LogP contribution in [0.1, 0.15) is 10.4 Å². The predicted octanol–water partition coefficient (Wildman–Crippen LogP) is 3.40. The van der Waals surface area contributed by atoms with Gasteiger partial charge in [-0.15, -0.1) is 0 Å². The highest BCUT2D eigenvalue weighted by molar-refractivity contribution is 6.12. The number of fused-ring (bicyclic) bond motifs is 1. The highest BCUT2D eigenvalue weighted by Crippen LogP contribution is 2.18. The van der Waals surface area contributed by atoms with Crippen LogP contribution in [0.25, 0.3) is 10.9 Å². The third-order valence-electron chi connectivity index (χ3n) is 3.29. The minimum Gasteiger partial charge on any atom is -0.360 e. The van der Waals surface area contributed by atoms with Gasteiger partial charge in [-0.25, -0.2) is 0 Å². The molecule has 23 heavy (non-hydrogen) atoms. The molecule has 1 aromatic heterocycles. The molecular formula is C17H11FN4O. The van der Waals surface area contributed by atoms with Crippen LogP contribution in [0.5, 0.6) is 0 Å². The van der Waals surface area contributed by atoms with Crippen LogP contribution in [0.3, 0.4) is 0 Å². The summed E-state index contributed by atoms with van der Waals surface area (Å²) in [5.41, 5.74) is 1.32. The van der Waals surface area contributed by atoms with Crippen molar-refractivity contribution < 1.29 is 9.18 Å². The van der Waals surface area contributed by atoms with Crippen LogP contribution in [0.2, 0.25) is 0 Å². The smallest absolute Gasteiger partial charge is 0.216 e. The highest BCUT2D eigenvalue weighted by atomic mass is 19.1. The minimum absolute atomic E-state index is 0.0721. The quantitative estimate of drug-likeness (QED) is 0.440. The first-order chi connectivity index (χ1) is 11.2. The zero-order chi connectivity index (χ0) is 16.2. The maximum atomic E-state index is 13.5. The monoisotopic (exact) mass is 306 g/mol. The lowest BCUT2D eigenvalue weighted by atomic mass is 10.0. The number of aromatic nitrogens is 2. The number of nitriles is 1. The molecule has 0 fully saturated rings. The van der Waals surface area contributed by atoms with Crippen LogP contribution in [0, 0.1) is 17.3 Å². The van der Waals surface area contributed by atoms with Crippen molar-refractivity contribution in [3.63, 3.8) is 0 Å². The summed E-state index contributed by atoms with van der Waals surface area (Å²) in [5, 5.41) is 18.3. The summed E-state index contributed by atoms with van der Waals surface area (Å²) in [6.45, 7) is 0. The van der Waals surface area contributed by atoms with E-state index in [4.69, 9.17) is 0 Å². The zero-order valence-corrected chi connectivity index (χ0v) is 11.9. The van der Waals surface area contributed by atoms with E-state index in [9.17, 15) is 14.4 Å². The summed E-state index contributed by atoms with van der Waals surface area (Å²) in [7, 11) is 0. The Kier molecular flexibility index (Phi) is 3.85. The fraction of sp³-hybridized carbons (Fsp3) is 0. The van der Waals surface area contributed by atoms with Crippen molar-refractivity contribution in [3.05, 3.63) is 71.8 Å². The molecule has 0 spiro atoms. The van der Waals surface area contributed by atoms with E-state index < -0.39 is 11.7 Å². The second-order valence-corrected chi connectivity index (χ2v) is 4.78. The van der Waals surface area contributed by atoms with Crippen molar-refractivity contribution in [2.24, 2.45) is 0 Å². The number of benzene rings is 2. The summed E-state index contributed by atoms with van der Waals surface area (Å²) in [4.78, 5) is 12.4. The van der Waals surface area contributed by atoms with Crippen molar-refractivity contribution in [2.75, 3.05) is 5.32 Å². The molecule has 0 radical (unpaired) electrons. The van der Waals surface area contributed by atoms with Crippen LogP contribution in [-0.4, -0.2) is 16.0 Å². The number of hydrogen-bond donors (Lipinski definition) is 2. The third-order valence-corrected chi connectivity index (χ3v) is 3.29. The molecule has 0 atom stereocenters. The number of carbonyl (C=O) groups is 1. The number of H-pyrrole nitrogens is 1. The molecule has 3 rings (SSSR count). The maximum Gasteiger partial charge on any atom is 0.216 e. The van der Waals surface area contributed by atoms with Gasteiger partial charge in [-0.05, 0) is 30.3 Å². The summed E-state index contributed by atoms with van der Waals surface area (Å²) in [6.07, 6.45) is 1.34. The first-order valence-corrected chi connectivity index (χ1v) is 6.79. The van der Waals surface area contributed by atoms with Gasteiger partial charge in [0.15, 0.2) is 0 Å². The molecule has 0 amide bonds. The first-order valence-electron chi connectivity index (χ1n) is 6.79. The van der Waals surface area contributed by atoms with Crippen molar-refractivity contribution in [2.45, 2.75) is 0 Å². The molecule has 112 valence electrons. The minimum atomic E-state index is -0.612. The van der Waals surface area contributed by atoms with Crippen molar-refractivity contribution >= 4 is 22.4 Å². The number of ketones is 1. The van der Waals surface area contributed by atoms with Gasteiger partial charge >= 0.3 is 0 Å². The molecular weight excluding hydrogens is 295 g/mol. The first kappa shape index (κ1) is 14.5. The van der Waals surface area contributed by atoms with Crippen molar-refractivity contribution in [1.82, 2.24) is 10.2 Å². The summed E-state index contributed by atoms with van der Waals surface area (Å²) in [6, 6.07) is 15.4. The topological polar surface area (TPSA) is 81.6 Å². The Morgan fingerprint density at radius 2 is 2.04 bits per heavy atom. The molecule has 5 nitrogen and oxygen atoms in total. The number of aromatic amines is 1. The predicted molar refractivity (Wildman–Crippen MR) is 84.1 cm³/mol. The van der Waals surface area contributed by atoms with Crippen LogP contribution < -0.4 is 5.32 Å². The summed E-state index contributed by atoms with van der Waals surface area (Å²) < 4.78 is 13.5. The standard InChI is InChI=1S/C17H11FN4O/c18-17-14-8-11(6-7-15(14)21-22-17)16(23)12(9-19)10-20-13-4-2-1-3-5-13/h1-8,10,20H,(H,21,22)/b12-10+. The van der Waals surface area contributed by atoms with Gasteiger partial charge in [-0.2, -0.15) is 14.8 Å². The largest absolute Gasteiger partial charge is 0.360 e. The van der Waals surface area contributed by atoms with Gasteiger partial charge < -0.3 is 5.32 Å². The number of Topliss-reactive ketones (excluding diaryl/α,β-unsaturated/α-hetero) is 1. The molecule has 2 N–H and O–H groups in total. The van der Waals surface area contributed by atoms with E-state index in [2.05, 4.69) is 15.5 Å². The Bertz CT molecular complexity index is 938. The normalized spacial score (nSPS) is 11.2. The molecule has 0 bridgehead atoms. The number of allylic oxidation sites excluding steroid dienone is 1. The van der Waals surface area contributed by atoms with Gasteiger partial charge in [-0.3, -0.25) is 9.89 Å². The Balaban J connectivity index is 1.89. The number of hydrogen-bond acceptors (Lipinski definition) is 4. The van der Waals surface area contributed by atoms with Gasteiger partial charge in [-0.1, -0.05) is 18.2 Å². The average Bonchev–Trinajstić information content (AvgIpc) is 2.97. The number of para-hydroxylation sites is 1. The van der Waals surface area contributed by atoms with E-state index in [-0.39, 0.29) is 16.5 Å². The molecule has 0 unspecified atom stereocenters. The molecule has 2 aromatic carbocycles. The molecule has 6 heteroatoms. The maximum absolute atomic E-state index is 13.5. The molecule has 0 aliphatic heterocycles. The molecule has 1 heterocycles. The summed E-state index contributed by atoms with van der Waals surface area (Å²) >= 11 is 0. The van der Waals surface area contributed by atoms with Gasteiger partial charge in [0.2, 0.25) is 11.7 Å². The molecule has 3 aromatic rings. The van der Waals surface area contributed by atoms with Crippen LogP contribution >= 0.6 is 0 Å². The van der Waals surface area contributed by atoms with Gasteiger partial charge in [0.25, 0.3) is 0 Å². The average molecular weight is 306 g/mol. The Morgan fingerprint density at radius 3 is 2.78 bits per heavy atom. The van der Waals surface area contributed by atoms with Gasteiger partial charge in [0.1, 0.15) is 11.6 Å². The van der Waals surface area contributed by atoms with E-state index in [1.165, 1.54) is 24.4 Å². The van der Waals surface area contributed by atoms with Crippen LogP contribution in [0.15, 0.2) is 60.3 Å². The Morgan fingerprint density at radius 1 is 1.26 bits per heavy atom. The highest BCUT2D eigenvalue weighted by Gasteiger charge is 2.14. The lowest BCUT2D eigenvalue weighted by Crippen LogP contribution is -2.04. The second-order valence-electron chi connectivity index (χ2n) is 4.78. The molecule has 0 saturated heterocycles. The van der Waals surface area contributed by atoms with Crippen molar-refractivity contribution in [3.8, 4) is 6.07 Å². The second kappa shape index (κ2) is 6.12. The Labute approximate surface area is 131 Å². The fourth-order valence-corrected chi connectivity index (χ4v) is 2.11. The SMILES string of the molecule is N#C/C(=C\Nc1ccccc1)C(=O)c1ccc2n[nH]c(F)c2c1. The van der Waals surface area contributed by atoms with E-state index in [0.29, 0.717) is 5.52 Å². The number of carbonyl (C=O) groups excluding carboxylic acids is 1. The third kappa shape index (κ3) is 2.94. The van der Waals surface area contributed by atoms with E-state index >= 15 is 0 Å². The van der Waals surface area contributed by atoms with E-state index in [1.54, 1.807) is 0 Å². The fourth-order valence-electron chi connectivity index (χ4n) is 2.11. The zero-order valence-electron chi connectivity index (χ0n) is 11.9. The number of nitrogens with one attached hydrogen (secondary N) is 2. The molecule has 0 saturated carbocycles. The van der Waals surface area contributed by atoms with Gasteiger partial charge in [0, 0.05) is 17.5 Å². The number of rotatable bonds is 4. The Hall–Kier alpha value is -3.46. The van der Waals surface area contributed by atoms with Gasteiger partial charge in [0.05, 0.1) is 10.9 Å². The summed E-state index contributed by atoms with van der Waals surface area (Å²) in [5.74, 6) is -1.10. The number of nitrogens with zero attached hydrogens (tertiary/aromatic N) is 2. The van der Waals surface area contributed by atoms with Crippen molar-refractivity contribution in [1.29, 1.82) is 5.26 Å². The van der Waals surface area contributed by atoms with Crippen LogP contribution in [0.4, 0.5) is 10.1 Å². The lowest BCUT2D eigenvalue weighted by Gasteiger charge is -2.02. The number of anilines is 1. The van der Waals surface area contributed by atoms with E-state index in [0.717, 1.165) is 5.69 Å². The number of halogens is 1. The molecule has 0 aliphatic carbocycles.